The molecule has 0 aliphatic carbocycles. The summed E-state index contributed by atoms with van der Waals surface area (Å²) >= 11 is 0. The fraction of sp³-hybridized carbons (Fsp3) is 0.143. The molecule has 1 saturated heterocycles. The maximum atomic E-state index is 10.2. The van der Waals surface area contributed by atoms with Crippen molar-refractivity contribution in [2.24, 2.45) is 0 Å². The number of nitrogens with zero attached hydrogens (tertiary/aromatic N) is 2. The topological polar surface area (TPSA) is 134 Å². The first-order valence-electron chi connectivity index (χ1n) is 6.22. The monoisotopic (exact) mass is 305 g/mol. The number of hydrogen-bond donors (Lipinski definition) is 3. The Kier molecular flexibility index (Phi) is 6.45. The minimum atomic E-state index is -0.505. The molecule has 2 aromatic rings. The highest BCUT2D eigenvalue weighted by atomic mass is 16.5. The molecule has 116 valence electrons. The van der Waals surface area contributed by atoms with Crippen molar-refractivity contribution in [2.45, 2.75) is 12.8 Å². The van der Waals surface area contributed by atoms with E-state index in [2.05, 4.69) is 4.98 Å². The Morgan fingerprint density at radius 2 is 1.77 bits per heavy atom. The lowest BCUT2D eigenvalue weighted by Gasteiger charge is -1.98. The van der Waals surface area contributed by atoms with Gasteiger partial charge in [-0.05, 0) is 24.3 Å². The lowest BCUT2D eigenvalue weighted by molar-refractivity contribution is -0.171. The molecule has 1 aromatic heterocycles. The Morgan fingerprint density at radius 3 is 2.27 bits per heavy atom. The fourth-order valence-corrected chi connectivity index (χ4v) is 1.66. The number of aromatic nitrogens is 1. The summed E-state index contributed by atoms with van der Waals surface area (Å²) in [6, 6.07) is 9.60. The molecule has 22 heavy (non-hydrogen) atoms. The number of carbonyl (C=O) groups is 3. The Bertz CT molecular complexity index is 658. The predicted octanol–water partition coefficient (Wildman–Crippen LogP) is 1.04. The predicted molar refractivity (Wildman–Crippen MR) is 77.7 cm³/mol. The highest BCUT2D eigenvalue weighted by Gasteiger charge is 2.26. The minimum absolute atomic E-state index is 0.148. The molecule has 1 aliphatic rings. The van der Waals surface area contributed by atoms with Gasteiger partial charge < -0.3 is 10.8 Å². The van der Waals surface area contributed by atoms with Crippen LogP contribution in [0.1, 0.15) is 12.8 Å². The highest BCUT2D eigenvalue weighted by molar-refractivity contribution is 6.00. The first-order chi connectivity index (χ1) is 10.5. The van der Waals surface area contributed by atoms with Crippen LogP contribution in [-0.2, 0) is 14.4 Å². The van der Waals surface area contributed by atoms with Crippen molar-refractivity contribution in [2.75, 3.05) is 5.73 Å². The number of carbonyl (C=O) groups excluding carboxylic acids is 2. The standard InChI is InChI=1S/C9H8N2.C4H5NO3.CH2O2/c10-8-3-4-9-7(6-8)2-1-5-11-9;6-3-1-2-4(7)5(3)8;2-1-3/h1-6H,10H2;8H,1-2H2;1H,(H,2,3). The van der Waals surface area contributed by atoms with Gasteiger partial charge in [0.2, 0.25) is 0 Å². The molecule has 0 bridgehead atoms. The molecule has 0 saturated carbocycles. The first kappa shape index (κ1) is 17.1. The lowest BCUT2D eigenvalue weighted by Crippen LogP contribution is -2.24. The number of pyridine rings is 1. The molecule has 4 N–H and O–H groups in total. The average molecular weight is 305 g/mol. The smallest absolute Gasteiger partial charge is 0.290 e. The molecule has 2 amide bonds. The van der Waals surface area contributed by atoms with Crippen LogP contribution in [0.5, 0.6) is 0 Å². The maximum absolute atomic E-state index is 10.2. The van der Waals surface area contributed by atoms with E-state index in [1.165, 1.54) is 0 Å². The molecule has 1 aliphatic heterocycles. The van der Waals surface area contributed by atoms with E-state index in [0.717, 1.165) is 16.6 Å². The summed E-state index contributed by atoms with van der Waals surface area (Å²) in [7, 11) is 0. The normalized spacial score (nSPS) is 13.0. The summed E-state index contributed by atoms with van der Waals surface area (Å²) in [5, 5.41) is 16.5. The summed E-state index contributed by atoms with van der Waals surface area (Å²) in [4.78, 5) is 33.0. The van der Waals surface area contributed by atoms with Gasteiger partial charge in [0, 0.05) is 30.1 Å². The Morgan fingerprint density at radius 1 is 1.18 bits per heavy atom. The van der Waals surface area contributed by atoms with Gasteiger partial charge in [0.15, 0.2) is 0 Å². The molecule has 0 atom stereocenters. The van der Waals surface area contributed by atoms with E-state index in [4.69, 9.17) is 20.8 Å². The van der Waals surface area contributed by atoms with Crippen LogP contribution in [-0.4, -0.2) is 38.6 Å². The lowest BCUT2D eigenvalue weighted by atomic mass is 10.2. The van der Waals surface area contributed by atoms with Gasteiger partial charge in [-0.25, -0.2) is 0 Å². The van der Waals surface area contributed by atoms with E-state index in [-0.39, 0.29) is 24.4 Å². The fourth-order valence-electron chi connectivity index (χ4n) is 1.66. The summed E-state index contributed by atoms with van der Waals surface area (Å²) in [6.07, 6.45) is 2.07. The minimum Gasteiger partial charge on any atom is -0.483 e. The van der Waals surface area contributed by atoms with Crippen LogP contribution >= 0.6 is 0 Å². The number of nitrogen functional groups attached to an aromatic ring is 1. The van der Waals surface area contributed by atoms with Crippen molar-refractivity contribution in [3.05, 3.63) is 36.5 Å². The highest BCUT2D eigenvalue weighted by Crippen LogP contribution is 2.13. The summed E-state index contributed by atoms with van der Waals surface area (Å²) in [5.74, 6) is -1.01. The van der Waals surface area contributed by atoms with Gasteiger partial charge in [-0.1, -0.05) is 6.07 Å². The van der Waals surface area contributed by atoms with Gasteiger partial charge in [-0.3, -0.25) is 24.6 Å². The number of amides is 2. The van der Waals surface area contributed by atoms with Gasteiger partial charge in [0.05, 0.1) is 5.52 Å². The molecule has 3 rings (SSSR count). The summed E-state index contributed by atoms with van der Waals surface area (Å²) < 4.78 is 0. The number of imide groups is 1. The SMILES string of the molecule is Nc1ccc2ncccc2c1.O=C1CCC(=O)N1O.O=CO. The number of benzene rings is 1. The van der Waals surface area contributed by atoms with Crippen molar-refractivity contribution in [3.8, 4) is 0 Å². The molecule has 8 heteroatoms. The van der Waals surface area contributed by atoms with Crippen molar-refractivity contribution in [3.63, 3.8) is 0 Å². The van der Waals surface area contributed by atoms with Crippen molar-refractivity contribution < 1.29 is 24.7 Å². The molecular formula is C14H15N3O5. The number of nitrogens with two attached hydrogens (primary N) is 1. The zero-order chi connectivity index (χ0) is 16.5. The Hall–Kier alpha value is -3.00. The molecule has 0 spiro atoms. The van der Waals surface area contributed by atoms with Crippen LogP contribution in [0.2, 0.25) is 0 Å². The largest absolute Gasteiger partial charge is 0.483 e. The number of rotatable bonds is 0. The van der Waals surface area contributed by atoms with E-state index in [1.807, 2.05) is 30.3 Å². The average Bonchev–Trinajstić information content (AvgIpc) is 2.80. The number of hydrogen-bond acceptors (Lipinski definition) is 6. The molecule has 0 unspecified atom stereocenters. The van der Waals surface area contributed by atoms with Crippen LogP contribution in [0.4, 0.5) is 5.69 Å². The van der Waals surface area contributed by atoms with E-state index >= 15 is 0 Å². The van der Waals surface area contributed by atoms with Crippen LogP contribution < -0.4 is 5.73 Å². The quantitative estimate of drug-likeness (QED) is 0.286. The summed E-state index contributed by atoms with van der Waals surface area (Å²) in [6.45, 7) is -0.250. The van der Waals surface area contributed by atoms with Crippen LogP contribution in [0.15, 0.2) is 36.5 Å². The zero-order valence-electron chi connectivity index (χ0n) is 11.5. The molecule has 8 nitrogen and oxygen atoms in total. The van der Waals surface area contributed by atoms with Crippen molar-refractivity contribution in [1.29, 1.82) is 0 Å². The number of hydroxylamine groups is 2. The van der Waals surface area contributed by atoms with Crippen LogP contribution in [0.3, 0.4) is 0 Å². The molecule has 0 radical (unpaired) electrons. The second-order valence-corrected chi connectivity index (χ2v) is 4.16. The Balaban J connectivity index is 0.000000194. The van der Waals surface area contributed by atoms with Crippen LogP contribution in [0.25, 0.3) is 10.9 Å². The van der Waals surface area contributed by atoms with Gasteiger partial charge >= 0.3 is 0 Å². The number of anilines is 1. The van der Waals surface area contributed by atoms with Crippen molar-refractivity contribution in [1.82, 2.24) is 10.0 Å². The van der Waals surface area contributed by atoms with Gasteiger partial charge in [0.25, 0.3) is 18.3 Å². The third-order valence-corrected chi connectivity index (χ3v) is 2.65. The van der Waals surface area contributed by atoms with Gasteiger partial charge in [-0.15, -0.1) is 0 Å². The maximum Gasteiger partial charge on any atom is 0.290 e. The Labute approximate surface area is 125 Å². The molecule has 1 fully saturated rings. The van der Waals surface area contributed by atoms with Crippen molar-refractivity contribution >= 4 is 34.9 Å². The van der Waals surface area contributed by atoms with Crippen LogP contribution in [0, 0.1) is 0 Å². The molecule has 2 heterocycles. The third-order valence-electron chi connectivity index (χ3n) is 2.65. The molecule has 1 aromatic carbocycles. The molecular weight excluding hydrogens is 290 g/mol. The van der Waals surface area contributed by atoms with E-state index in [9.17, 15) is 9.59 Å². The van der Waals surface area contributed by atoms with E-state index in [0.29, 0.717) is 0 Å². The van der Waals surface area contributed by atoms with E-state index in [1.54, 1.807) is 6.20 Å². The third kappa shape index (κ3) is 4.84. The summed E-state index contributed by atoms with van der Waals surface area (Å²) in [5.41, 5.74) is 7.37. The zero-order valence-corrected chi connectivity index (χ0v) is 11.5. The van der Waals surface area contributed by atoms with E-state index < -0.39 is 11.8 Å². The second-order valence-electron chi connectivity index (χ2n) is 4.16. The first-order valence-corrected chi connectivity index (χ1v) is 6.22. The number of carboxylic acid groups (broad SMARTS) is 1. The van der Waals surface area contributed by atoms with Gasteiger partial charge in [0.1, 0.15) is 0 Å². The van der Waals surface area contributed by atoms with Gasteiger partial charge in [-0.2, -0.15) is 5.06 Å². The number of fused-ring (bicyclic) bond motifs is 1. The second kappa shape index (κ2) is 8.32.